The lowest BCUT2D eigenvalue weighted by Gasteiger charge is -2.08. The van der Waals surface area contributed by atoms with Crippen LogP contribution in [-0.4, -0.2) is 10.1 Å². The van der Waals surface area contributed by atoms with Crippen molar-refractivity contribution in [3.63, 3.8) is 0 Å². The van der Waals surface area contributed by atoms with E-state index in [-0.39, 0.29) is 23.2 Å². The zero-order chi connectivity index (χ0) is 11.4. The standard InChI is InChI=1S/C9H7BrF2N2O/c10-2-8-6(4-15)5(3-13)1-7(14-8)9(11)12/h1,9,15H,2,4H2. The Morgan fingerprint density at radius 1 is 1.60 bits per heavy atom. The first-order chi connectivity index (χ1) is 7.13. The molecule has 0 aliphatic carbocycles. The summed E-state index contributed by atoms with van der Waals surface area (Å²) in [5, 5.41) is 17.9. The highest BCUT2D eigenvalue weighted by Gasteiger charge is 2.16. The second kappa shape index (κ2) is 5.14. The fraction of sp³-hybridized carbons (Fsp3) is 0.333. The van der Waals surface area contributed by atoms with Crippen LogP contribution in [0.1, 0.15) is 28.9 Å². The third-order valence-electron chi connectivity index (χ3n) is 1.86. The summed E-state index contributed by atoms with van der Waals surface area (Å²) in [6, 6.07) is 2.76. The minimum atomic E-state index is -2.72. The molecule has 0 bridgehead atoms. The number of pyridine rings is 1. The number of hydrogen-bond acceptors (Lipinski definition) is 3. The van der Waals surface area contributed by atoms with Gasteiger partial charge in [0.15, 0.2) is 0 Å². The van der Waals surface area contributed by atoms with E-state index < -0.39 is 12.1 Å². The molecule has 0 saturated heterocycles. The number of halogens is 3. The van der Waals surface area contributed by atoms with Crippen LogP contribution >= 0.6 is 15.9 Å². The van der Waals surface area contributed by atoms with Gasteiger partial charge in [-0.25, -0.2) is 8.78 Å². The van der Waals surface area contributed by atoms with Gasteiger partial charge in [-0.1, -0.05) is 15.9 Å². The lowest BCUT2D eigenvalue weighted by molar-refractivity contribution is 0.145. The molecular weight excluding hydrogens is 270 g/mol. The molecule has 0 fully saturated rings. The van der Waals surface area contributed by atoms with E-state index >= 15 is 0 Å². The molecule has 0 aromatic carbocycles. The van der Waals surface area contributed by atoms with Crippen LogP contribution in [0.2, 0.25) is 0 Å². The quantitative estimate of drug-likeness (QED) is 0.862. The molecule has 0 unspecified atom stereocenters. The normalized spacial score (nSPS) is 10.4. The number of hydrogen-bond donors (Lipinski definition) is 1. The maximum Gasteiger partial charge on any atom is 0.280 e. The monoisotopic (exact) mass is 276 g/mol. The lowest BCUT2D eigenvalue weighted by atomic mass is 10.1. The summed E-state index contributed by atoms with van der Waals surface area (Å²) >= 11 is 3.07. The van der Waals surface area contributed by atoms with E-state index in [9.17, 15) is 8.78 Å². The number of aliphatic hydroxyl groups is 1. The van der Waals surface area contributed by atoms with Crippen molar-refractivity contribution in [2.75, 3.05) is 0 Å². The van der Waals surface area contributed by atoms with Crippen molar-refractivity contribution in [2.24, 2.45) is 0 Å². The summed E-state index contributed by atoms with van der Waals surface area (Å²) in [4.78, 5) is 3.66. The van der Waals surface area contributed by atoms with E-state index in [0.717, 1.165) is 6.07 Å². The highest BCUT2D eigenvalue weighted by atomic mass is 79.9. The first kappa shape index (κ1) is 12.0. The third-order valence-corrected chi connectivity index (χ3v) is 2.39. The summed E-state index contributed by atoms with van der Waals surface area (Å²) in [6.07, 6.45) is -2.72. The molecule has 0 aliphatic rings. The number of rotatable bonds is 3. The first-order valence-electron chi connectivity index (χ1n) is 4.01. The first-order valence-corrected chi connectivity index (χ1v) is 5.14. The van der Waals surface area contributed by atoms with Gasteiger partial charge >= 0.3 is 0 Å². The molecule has 1 aromatic rings. The van der Waals surface area contributed by atoms with E-state index in [0.29, 0.717) is 5.56 Å². The highest BCUT2D eigenvalue weighted by molar-refractivity contribution is 9.08. The predicted molar refractivity (Wildman–Crippen MR) is 52.5 cm³/mol. The number of alkyl halides is 3. The van der Waals surface area contributed by atoms with Crippen molar-refractivity contribution in [3.05, 3.63) is 28.6 Å². The average Bonchev–Trinajstić information content (AvgIpc) is 2.26. The molecule has 0 aliphatic heterocycles. The van der Waals surface area contributed by atoms with Crippen molar-refractivity contribution < 1.29 is 13.9 Å². The van der Waals surface area contributed by atoms with Crippen molar-refractivity contribution in [3.8, 4) is 6.07 Å². The van der Waals surface area contributed by atoms with Crippen molar-refractivity contribution in [2.45, 2.75) is 18.4 Å². The van der Waals surface area contributed by atoms with Gasteiger partial charge in [-0.2, -0.15) is 5.26 Å². The van der Waals surface area contributed by atoms with E-state index in [4.69, 9.17) is 10.4 Å². The molecule has 0 saturated carbocycles. The van der Waals surface area contributed by atoms with Gasteiger partial charge in [0.05, 0.1) is 23.9 Å². The summed E-state index contributed by atoms with van der Waals surface area (Å²) in [7, 11) is 0. The topological polar surface area (TPSA) is 56.9 Å². The Kier molecular flexibility index (Phi) is 4.12. The summed E-state index contributed by atoms with van der Waals surface area (Å²) < 4.78 is 24.8. The molecule has 3 nitrogen and oxygen atoms in total. The number of aromatic nitrogens is 1. The lowest BCUT2D eigenvalue weighted by Crippen LogP contribution is -2.03. The molecule has 1 rings (SSSR count). The van der Waals surface area contributed by atoms with Crippen LogP contribution in [0.15, 0.2) is 6.07 Å². The summed E-state index contributed by atoms with van der Waals surface area (Å²) in [5.41, 5.74) is 0.154. The molecule has 1 N–H and O–H groups in total. The minimum Gasteiger partial charge on any atom is -0.392 e. The number of nitriles is 1. The van der Waals surface area contributed by atoms with Gasteiger partial charge in [0.2, 0.25) is 0 Å². The molecule has 6 heteroatoms. The van der Waals surface area contributed by atoms with Gasteiger partial charge in [0, 0.05) is 10.9 Å². The smallest absolute Gasteiger partial charge is 0.280 e. The zero-order valence-corrected chi connectivity index (χ0v) is 9.13. The summed E-state index contributed by atoms with van der Waals surface area (Å²) in [5.74, 6) is 0. The molecule has 80 valence electrons. The van der Waals surface area contributed by atoms with Crippen LogP contribution in [0.4, 0.5) is 8.78 Å². The van der Waals surface area contributed by atoms with Gasteiger partial charge < -0.3 is 5.11 Å². The Bertz CT molecular complexity index is 404. The zero-order valence-electron chi connectivity index (χ0n) is 7.54. The summed E-state index contributed by atoms with van der Waals surface area (Å²) in [6.45, 7) is -0.389. The van der Waals surface area contributed by atoms with Gasteiger partial charge in [-0.3, -0.25) is 4.98 Å². The SMILES string of the molecule is N#Cc1cc(C(F)F)nc(CBr)c1CO. The molecule has 0 atom stereocenters. The molecular formula is C9H7BrF2N2O. The molecule has 0 spiro atoms. The predicted octanol–water partition coefficient (Wildman–Crippen LogP) is 2.28. The molecule has 1 aromatic heterocycles. The number of nitrogens with zero attached hydrogens (tertiary/aromatic N) is 2. The molecule has 1 heterocycles. The van der Waals surface area contributed by atoms with E-state index in [1.54, 1.807) is 6.07 Å². The Hall–Kier alpha value is -1.06. The fourth-order valence-corrected chi connectivity index (χ4v) is 1.61. The van der Waals surface area contributed by atoms with E-state index in [1.807, 2.05) is 0 Å². The van der Waals surface area contributed by atoms with E-state index in [1.165, 1.54) is 0 Å². The van der Waals surface area contributed by atoms with Crippen LogP contribution in [0.3, 0.4) is 0 Å². The van der Waals surface area contributed by atoms with E-state index in [2.05, 4.69) is 20.9 Å². The van der Waals surface area contributed by atoms with Crippen molar-refractivity contribution in [1.29, 1.82) is 5.26 Å². The van der Waals surface area contributed by atoms with Crippen LogP contribution < -0.4 is 0 Å². The third kappa shape index (κ3) is 2.49. The maximum absolute atomic E-state index is 12.4. The largest absolute Gasteiger partial charge is 0.392 e. The van der Waals surface area contributed by atoms with Crippen molar-refractivity contribution in [1.82, 2.24) is 4.98 Å². The van der Waals surface area contributed by atoms with Crippen LogP contribution in [0, 0.1) is 11.3 Å². The fourth-order valence-electron chi connectivity index (χ4n) is 1.14. The Morgan fingerprint density at radius 3 is 2.67 bits per heavy atom. The minimum absolute atomic E-state index is 0.0391. The number of aliphatic hydroxyl groups excluding tert-OH is 1. The Labute approximate surface area is 93.5 Å². The Balaban J connectivity index is 3.37. The van der Waals surface area contributed by atoms with Crippen LogP contribution in [0.5, 0.6) is 0 Å². The molecule has 0 radical (unpaired) electrons. The second-order valence-corrected chi connectivity index (χ2v) is 3.28. The van der Waals surface area contributed by atoms with Gasteiger partial charge in [-0.05, 0) is 6.07 Å². The average molecular weight is 277 g/mol. The maximum atomic E-state index is 12.4. The Morgan fingerprint density at radius 2 is 2.27 bits per heavy atom. The van der Waals surface area contributed by atoms with Gasteiger partial charge in [0.1, 0.15) is 5.69 Å². The highest BCUT2D eigenvalue weighted by Crippen LogP contribution is 2.23. The molecule has 15 heavy (non-hydrogen) atoms. The van der Waals surface area contributed by atoms with Gasteiger partial charge in [-0.15, -0.1) is 0 Å². The van der Waals surface area contributed by atoms with Crippen LogP contribution in [-0.2, 0) is 11.9 Å². The van der Waals surface area contributed by atoms with Crippen LogP contribution in [0.25, 0.3) is 0 Å². The van der Waals surface area contributed by atoms with Crippen molar-refractivity contribution >= 4 is 15.9 Å². The molecule has 0 amide bonds. The van der Waals surface area contributed by atoms with Gasteiger partial charge in [0.25, 0.3) is 6.43 Å². The second-order valence-electron chi connectivity index (χ2n) is 2.72.